The Hall–Kier alpha value is -2.28. The Bertz CT molecular complexity index is 850. The van der Waals surface area contributed by atoms with Crippen molar-refractivity contribution < 1.29 is 24.5 Å². The monoisotopic (exact) mass is 453 g/mol. The van der Waals surface area contributed by atoms with E-state index in [2.05, 4.69) is 5.32 Å². The second kappa shape index (κ2) is 11.2. The van der Waals surface area contributed by atoms with E-state index in [0.29, 0.717) is 22.2 Å². The fourth-order valence-electron chi connectivity index (χ4n) is 2.99. The number of ether oxygens (including phenoxy) is 1. The summed E-state index contributed by atoms with van der Waals surface area (Å²) in [6.45, 7) is 4.07. The number of carboxylic acid groups (broad SMARTS) is 2. The second-order valence-corrected chi connectivity index (χ2v) is 8.37. The lowest BCUT2D eigenvalue weighted by Gasteiger charge is -2.22. The molecule has 0 heterocycles. The largest absolute Gasteiger partial charge is 0.489 e. The van der Waals surface area contributed by atoms with E-state index < -0.39 is 24.0 Å². The van der Waals surface area contributed by atoms with Gasteiger partial charge in [0.2, 0.25) is 0 Å². The highest BCUT2D eigenvalue weighted by molar-refractivity contribution is 6.34. The molecule has 2 atom stereocenters. The Morgan fingerprint density at radius 3 is 2.00 bits per heavy atom. The van der Waals surface area contributed by atoms with Crippen LogP contribution in [-0.2, 0) is 22.6 Å². The third-order valence-electron chi connectivity index (χ3n) is 4.40. The van der Waals surface area contributed by atoms with Gasteiger partial charge in [0.15, 0.2) is 0 Å². The van der Waals surface area contributed by atoms with Gasteiger partial charge in [0, 0.05) is 10.0 Å². The average Bonchev–Trinajstić information content (AvgIpc) is 2.65. The third-order valence-corrected chi connectivity index (χ3v) is 4.83. The molecule has 6 nitrogen and oxygen atoms in total. The van der Waals surface area contributed by atoms with Gasteiger partial charge >= 0.3 is 11.9 Å². The smallest absolute Gasteiger partial charge is 0.321 e. The van der Waals surface area contributed by atoms with E-state index in [0.717, 1.165) is 11.1 Å². The molecular formula is C22H25Cl2NO5. The number of benzene rings is 2. The van der Waals surface area contributed by atoms with E-state index in [4.69, 9.17) is 27.9 Å². The summed E-state index contributed by atoms with van der Waals surface area (Å²) in [5.41, 5.74) is 1.58. The molecule has 1 unspecified atom stereocenters. The maximum atomic E-state index is 11.6. The van der Waals surface area contributed by atoms with Crippen LogP contribution in [0, 0.1) is 5.92 Å². The van der Waals surface area contributed by atoms with Crippen molar-refractivity contribution in [2.75, 3.05) is 0 Å². The van der Waals surface area contributed by atoms with Gasteiger partial charge in [0.1, 0.15) is 24.4 Å². The van der Waals surface area contributed by atoms with Crippen molar-refractivity contribution in [3.63, 3.8) is 0 Å². The Kier molecular flexibility index (Phi) is 8.96. The highest BCUT2D eigenvalue weighted by atomic mass is 35.5. The summed E-state index contributed by atoms with van der Waals surface area (Å²) in [6.07, 6.45) is 0.501. The van der Waals surface area contributed by atoms with Gasteiger partial charge in [-0.3, -0.25) is 14.9 Å². The van der Waals surface area contributed by atoms with Crippen LogP contribution in [0.5, 0.6) is 5.75 Å². The minimum Gasteiger partial charge on any atom is -0.489 e. The number of hydrogen-bond acceptors (Lipinski definition) is 4. The highest BCUT2D eigenvalue weighted by Gasteiger charge is 2.26. The molecule has 2 aromatic carbocycles. The van der Waals surface area contributed by atoms with E-state index >= 15 is 0 Å². The zero-order chi connectivity index (χ0) is 22.3. The molecule has 2 rings (SSSR count). The van der Waals surface area contributed by atoms with Crippen LogP contribution in [0.25, 0.3) is 0 Å². The second-order valence-electron chi connectivity index (χ2n) is 7.49. The minimum atomic E-state index is -1.09. The molecule has 0 saturated heterocycles. The number of rotatable bonds is 11. The lowest BCUT2D eigenvalue weighted by atomic mass is 10.0. The van der Waals surface area contributed by atoms with Crippen LogP contribution < -0.4 is 10.1 Å². The summed E-state index contributed by atoms with van der Waals surface area (Å²) in [4.78, 5) is 23.1. The molecule has 0 aliphatic carbocycles. The molecule has 0 fully saturated rings. The zero-order valence-corrected chi connectivity index (χ0v) is 18.3. The van der Waals surface area contributed by atoms with Crippen LogP contribution in [0.2, 0.25) is 10.0 Å². The fraction of sp³-hybridized carbons (Fsp3) is 0.364. The normalized spacial score (nSPS) is 13.1. The van der Waals surface area contributed by atoms with Crippen molar-refractivity contribution in [1.29, 1.82) is 0 Å². The molecule has 0 aliphatic heterocycles. The van der Waals surface area contributed by atoms with Crippen LogP contribution >= 0.6 is 23.2 Å². The van der Waals surface area contributed by atoms with Crippen molar-refractivity contribution in [2.24, 2.45) is 5.92 Å². The molecule has 0 radical (unpaired) electrons. The Balaban J connectivity index is 1.99. The summed E-state index contributed by atoms with van der Waals surface area (Å²) in [6, 6.07) is 10.2. The summed E-state index contributed by atoms with van der Waals surface area (Å²) in [5.74, 6) is -1.42. The minimum absolute atomic E-state index is 0.124. The van der Waals surface area contributed by atoms with Gasteiger partial charge in [-0.2, -0.15) is 0 Å². The molecule has 0 aliphatic rings. The molecule has 0 aromatic heterocycles. The van der Waals surface area contributed by atoms with Gasteiger partial charge in [-0.15, -0.1) is 0 Å². The highest BCUT2D eigenvalue weighted by Crippen LogP contribution is 2.21. The number of halogens is 2. The van der Waals surface area contributed by atoms with Crippen molar-refractivity contribution in [2.45, 2.75) is 45.4 Å². The van der Waals surface area contributed by atoms with Gasteiger partial charge < -0.3 is 14.9 Å². The number of nitrogens with one attached hydrogen (secondary N) is 1. The van der Waals surface area contributed by atoms with Crippen molar-refractivity contribution >= 4 is 35.1 Å². The van der Waals surface area contributed by atoms with E-state index in [1.165, 1.54) is 0 Å². The Labute approximate surface area is 185 Å². The van der Waals surface area contributed by atoms with Crippen molar-refractivity contribution in [1.82, 2.24) is 5.32 Å². The topological polar surface area (TPSA) is 95.9 Å². The van der Waals surface area contributed by atoms with Crippen LogP contribution in [0.15, 0.2) is 42.5 Å². The summed E-state index contributed by atoms with van der Waals surface area (Å²) >= 11 is 12.0. The van der Waals surface area contributed by atoms with Gasteiger partial charge in [-0.25, -0.2) is 0 Å². The Morgan fingerprint density at radius 1 is 0.933 bits per heavy atom. The SMILES string of the molecule is CC(C)CC(N[C@@H](Cc1ccc(OCc2cc(Cl)cc(Cl)c2)cc1)C(=O)O)C(=O)O. The lowest BCUT2D eigenvalue weighted by molar-refractivity contribution is -0.142. The molecule has 0 bridgehead atoms. The van der Waals surface area contributed by atoms with E-state index in [-0.39, 0.29) is 18.9 Å². The molecule has 30 heavy (non-hydrogen) atoms. The molecule has 0 saturated carbocycles. The Morgan fingerprint density at radius 2 is 1.50 bits per heavy atom. The summed E-state index contributed by atoms with van der Waals surface area (Å²) in [5, 5.41) is 22.7. The molecule has 8 heteroatoms. The molecular weight excluding hydrogens is 429 g/mol. The summed E-state index contributed by atoms with van der Waals surface area (Å²) in [7, 11) is 0. The average molecular weight is 454 g/mol. The zero-order valence-electron chi connectivity index (χ0n) is 16.8. The van der Waals surface area contributed by atoms with Crippen LogP contribution in [0.1, 0.15) is 31.4 Å². The van der Waals surface area contributed by atoms with Gasteiger partial charge in [0.25, 0.3) is 0 Å². The van der Waals surface area contributed by atoms with Crippen LogP contribution in [-0.4, -0.2) is 34.2 Å². The molecule has 3 N–H and O–H groups in total. The number of aliphatic carboxylic acids is 2. The first-order valence-electron chi connectivity index (χ1n) is 9.52. The first-order valence-corrected chi connectivity index (χ1v) is 10.3. The van der Waals surface area contributed by atoms with Crippen molar-refractivity contribution in [3.8, 4) is 5.75 Å². The summed E-state index contributed by atoms with van der Waals surface area (Å²) < 4.78 is 5.72. The number of carboxylic acids is 2. The van der Waals surface area contributed by atoms with Gasteiger partial charge in [0.05, 0.1) is 0 Å². The van der Waals surface area contributed by atoms with E-state index in [1.54, 1.807) is 42.5 Å². The van der Waals surface area contributed by atoms with E-state index in [1.807, 2.05) is 13.8 Å². The first kappa shape index (κ1) is 24.0. The maximum Gasteiger partial charge on any atom is 0.321 e. The van der Waals surface area contributed by atoms with Crippen LogP contribution in [0.3, 0.4) is 0 Å². The van der Waals surface area contributed by atoms with Crippen molar-refractivity contribution in [3.05, 3.63) is 63.6 Å². The standard InChI is InChI=1S/C22H25Cl2NO5/c1-13(2)7-19(21(26)27)25-20(22(28)29)10-14-3-5-18(6-4-14)30-12-15-8-16(23)11-17(24)9-15/h3-6,8-9,11,13,19-20,25H,7,10,12H2,1-2H3,(H,26,27)(H,28,29)/t19?,20-/m0/s1. The number of carbonyl (C=O) groups is 2. The third kappa shape index (κ3) is 7.86. The van der Waals surface area contributed by atoms with Gasteiger partial charge in [-0.05, 0) is 60.2 Å². The number of hydrogen-bond donors (Lipinski definition) is 3. The first-order chi connectivity index (χ1) is 14.1. The predicted molar refractivity (Wildman–Crippen MR) is 116 cm³/mol. The lowest BCUT2D eigenvalue weighted by Crippen LogP contribution is -2.48. The van der Waals surface area contributed by atoms with E-state index in [9.17, 15) is 19.8 Å². The maximum absolute atomic E-state index is 11.6. The van der Waals surface area contributed by atoms with Gasteiger partial charge in [-0.1, -0.05) is 49.2 Å². The molecule has 0 amide bonds. The molecule has 0 spiro atoms. The fourth-order valence-corrected chi connectivity index (χ4v) is 3.56. The molecule has 162 valence electrons. The quantitative estimate of drug-likeness (QED) is 0.457. The molecule has 2 aromatic rings. The van der Waals surface area contributed by atoms with Crippen LogP contribution in [0.4, 0.5) is 0 Å². The predicted octanol–water partition coefficient (Wildman–Crippen LogP) is 4.66.